The third-order valence-electron chi connectivity index (χ3n) is 0. The van der Waals surface area contributed by atoms with E-state index in [9.17, 15) is 0 Å². The van der Waals surface area contributed by atoms with Crippen LogP contribution in [0.1, 0.15) is 0 Å². The molecule has 0 saturated carbocycles. The molecule has 0 saturated heterocycles. The molecule has 0 N–H and O–H groups in total. The monoisotopic (exact) mass is 2210 g/mol. The van der Waals surface area contributed by atoms with Gasteiger partial charge in [0.1, 0.15) is 0 Å². The minimum Gasteiger partial charge on any atom is 0 e. The Morgan fingerprint density at radius 3 is 0.0833 bits per heavy atom. The molecule has 0 aliphatic heterocycles. The van der Waals surface area contributed by atoms with Crippen LogP contribution in [-0.2, 0) is 253 Å². The third-order valence-corrected chi connectivity index (χ3v) is 0. The van der Waals surface area contributed by atoms with Crippen LogP contribution in [0.3, 0.4) is 0 Å². The summed E-state index contributed by atoms with van der Waals surface area (Å²) < 4.78 is 0. The van der Waals surface area contributed by atoms with Crippen LogP contribution in [0.4, 0.5) is 0 Å². The molecular weight excluding hydrogens is 2210 g/mol. The first-order valence-electron chi connectivity index (χ1n) is 0. The van der Waals surface area contributed by atoms with Crippen molar-refractivity contribution in [1.29, 1.82) is 0 Å². The van der Waals surface area contributed by atoms with Gasteiger partial charge in [0.25, 0.3) is 0 Å². The molecule has 0 aromatic heterocycles. The quantitative estimate of drug-likeness (QED) is 0.321. The molecule has 0 aromatic rings. The van der Waals surface area contributed by atoms with E-state index in [4.69, 9.17) is 0 Å². The number of hydrogen-bond acceptors (Lipinski definition) is 0. The van der Waals surface area contributed by atoms with Crippen LogP contribution in [0.25, 0.3) is 0 Å². The van der Waals surface area contributed by atoms with Gasteiger partial charge in [0.15, 0.2) is 0 Å². The Labute approximate surface area is 246 Å². The van der Waals surface area contributed by atoms with Crippen molar-refractivity contribution in [2.75, 3.05) is 0 Å². The summed E-state index contributed by atoms with van der Waals surface area (Å²) in [6.07, 6.45) is 0. The summed E-state index contributed by atoms with van der Waals surface area (Å²) in [7, 11) is 0. The molecule has 0 spiro atoms. The van der Waals surface area contributed by atoms with Gasteiger partial charge in [0.05, 0.1) is 0 Å². The summed E-state index contributed by atoms with van der Waals surface area (Å²) in [5, 5.41) is 0. The Hall–Kier alpha value is 8.26. The van der Waals surface area contributed by atoms with Gasteiger partial charge in [-0.15, -0.1) is 0 Å². The average molecular weight is 2210 g/mol. The molecular formula is W12. The van der Waals surface area contributed by atoms with E-state index in [0.29, 0.717) is 0 Å². The third kappa shape index (κ3) is 79.7. The maximum Gasteiger partial charge on any atom is 0 e. The van der Waals surface area contributed by atoms with Crippen LogP contribution in [0.2, 0.25) is 0 Å². The van der Waals surface area contributed by atoms with E-state index in [1.54, 1.807) is 0 Å². The van der Waals surface area contributed by atoms with E-state index in [-0.39, 0.29) is 253 Å². The van der Waals surface area contributed by atoms with E-state index in [2.05, 4.69) is 0 Å². The number of hydrogen-bond donors (Lipinski definition) is 0. The van der Waals surface area contributed by atoms with Crippen LogP contribution >= 0.6 is 0 Å². The largest absolute Gasteiger partial charge is 0 e. The van der Waals surface area contributed by atoms with Crippen molar-refractivity contribution in [2.45, 2.75) is 0 Å². The van der Waals surface area contributed by atoms with Crippen LogP contribution in [0, 0.1) is 0 Å². The summed E-state index contributed by atoms with van der Waals surface area (Å²) in [5.74, 6) is 0. The Kier molecular flexibility index (Phi) is 864. The summed E-state index contributed by atoms with van der Waals surface area (Å²) in [4.78, 5) is 0. The fraction of sp³-hybridized carbons (Fsp3) is 0. The normalized spacial score (nSPS) is 0. The Bertz CT molecular complexity index is 0. The fourth-order valence-electron chi connectivity index (χ4n) is 0. The molecule has 72 valence electrons. The molecule has 12 heavy (non-hydrogen) atoms. The van der Waals surface area contributed by atoms with Gasteiger partial charge < -0.3 is 0 Å². The topological polar surface area (TPSA) is 0 Å². The molecule has 0 aliphatic rings. The Morgan fingerprint density at radius 1 is 0.0833 bits per heavy atom. The fourth-order valence-corrected chi connectivity index (χ4v) is 0. The van der Waals surface area contributed by atoms with Crippen molar-refractivity contribution in [3.05, 3.63) is 0 Å². The molecule has 0 radical (unpaired) electrons. The number of rotatable bonds is 0. The van der Waals surface area contributed by atoms with Crippen molar-refractivity contribution in [2.24, 2.45) is 0 Å². The van der Waals surface area contributed by atoms with Crippen LogP contribution < -0.4 is 0 Å². The molecule has 0 heterocycles. The van der Waals surface area contributed by atoms with Crippen LogP contribution in [0.5, 0.6) is 0 Å². The zero-order chi connectivity index (χ0) is 0. The van der Waals surface area contributed by atoms with Gasteiger partial charge in [-0.1, -0.05) is 0 Å². The minimum atomic E-state index is 0. The predicted molar refractivity (Wildman–Crippen MR) is 0 cm³/mol. The second kappa shape index (κ2) is 94.1. The molecule has 12 heteroatoms. The summed E-state index contributed by atoms with van der Waals surface area (Å²) in [6.45, 7) is 0. The van der Waals surface area contributed by atoms with Gasteiger partial charge in [-0.3, -0.25) is 0 Å². The molecule has 0 rings (SSSR count). The smallest absolute Gasteiger partial charge is 0 e. The van der Waals surface area contributed by atoms with E-state index < -0.39 is 0 Å². The molecule has 0 bridgehead atoms. The van der Waals surface area contributed by atoms with Crippen molar-refractivity contribution in [3.63, 3.8) is 0 Å². The van der Waals surface area contributed by atoms with E-state index in [1.807, 2.05) is 0 Å². The van der Waals surface area contributed by atoms with Gasteiger partial charge in [-0.2, -0.15) is 0 Å². The van der Waals surface area contributed by atoms with Gasteiger partial charge >= 0.3 is 0 Å². The molecule has 0 nitrogen and oxygen atoms in total. The second-order valence-corrected chi connectivity index (χ2v) is 0. The van der Waals surface area contributed by atoms with E-state index in [1.165, 1.54) is 0 Å². The molecule has 0 fully saturated rings. The summed E-state index contributed by atoms with van der Waals surface area (Å²) in [6, 6.07) is 0. The van der Waals surface area contributed by atoms with Crippen molar-refractivity contribution >= 4 is 0 Å². The van der Waals surface area contributed by atoms with Gasteiger partial charge in [-0.25, -0.2) is 0 Å². The second-order valence-electron chi connectivity index (χ2n) is 0. The standard InChI is InChI=1S/12W. The molecule has 0 aromatic carbocycles. The van der Waals surface area contributed by atoms with Gasteiger partial charge in [-0.05, 0) is 0 Å². The van der Waals surface area contributed by atoms with Crippen molar-refractivity contribution in [3.8, 4) is 0 Å². The molecule has 0 unspecified atom stereocenters. The Balaban J connectivity index is 0. The van der Waals surface area contributed by atoms with Crippen LogP contribution in [0.15, 0.2) is 0 Å². The van der Waals surface area contributed by atoms with E-state index in [0.717, 1.165) is 0 Å². The van der Waals surface area contributed by atoms with E-state index >= 15 is 0 Å². The summed E-state index contributed by atoms with van der Waals surface area (Å²) >= 11 is 0. The minimum absolute atomic E-state index is 0. The first-order chi connectivity index (χ1) is 0. The predicted octanol–water partition coefficient (Wildman–Crippen LogP) is -0.0300. The molecule has 0 amide bonds. The zero-order valence-corrected chi connectivity index (χ0v) is 40.1. The maximum absolute atomic E-state index is 0. The molecule has 0 aliphatic carbocycles. The van der Waals surface area contributed by atoms with Crippen LogP contribution in [-0.4, -0.2) is 0 Å². The Morgan fingerprint density at radius 2 is 0.0833 bits per heavy atom. The first-order valence-corrected chi connectivity index (χ1v) is 0. The summed E-state index contributed by atoms with van der Waals surface area (Å²) in [5.41, 5.74) is 0. The van der Waals surface area contributed by atoms with Crippen molar-refractivity contribution in [1.82, 2.24) is 0 Å². The first kappa shape index (κ1) is 110. The maximum atomic E-state index is 0. The molecule has 0 atom stereocenters. The SMILES string of the molecule is [W].[W].[W].[W].[W].[W].[W].[W].[W].[W].[W].[W]. The van der Waals surface area contributed by atoms with Gasteiger partial charge in [0.2, 0.25) is 0 Å². The average Bonchev–Trinajstić information content (AvgIpc) is 0. The van der Waals surface area contributed by atoms with Gasteiger partial charge in [0, 0.05) is 253 Å². The van der Waals surface area contributed by atoms with Crippen molar-refractivity contribution < 1.29 is 253 Å². The zero-order valence-electron chi connectivity index (χ0n) is 4.90.